The zero-order valence-electron chi connectivity index (χ0n) is 18.0. The Morgan fingerprint density at radius 3 is 2.61 bits per heavy atom. The largest absolute Gasteiger partial charge is 0.494 e. The van der Waals surface area contributed by atoms with Gasteiger partial charge in [0.05, 0.1) is 29.8 Å². The van der Waals surface area contributed by atoms with Crippen LogP contribution in [-0.2, 0) is 17.8 Å². The van der Waals surface area contributed by atoms with Gasteiger partial charge in [-0.25, -0.2) is 4.98 Å². The Labute approximate surface area is 186 Å². The number of hydrogen-bond acceptors (Lipinski definition) is 5. The second kappa shape index (κ2) is 9.27. The number of pyridine rings is 1. The number of rotatable bonds is 7. The SMILES string of the molecule is CCOc1ccc(CC(=O)N(Cc2cccnc2)c2nc3cc(C)cc(C)c3s2)cc1. The summed E-state index contributed by atoms with van der Waals surface area (Å²) in [4.78, 5) is 24.2. The van der Waals surface area contributed by atoms with Crippen LogP contribution in [-0.4, -0.2) is 22.5 Å². The Balaban J connectivity index is 1.65. The number of nitrogens with zero attached hydrogens (tertiary/aromatic N) is 3. The van der Waals surface area contributed by atoms with Crippen molar-refractivity contribution in [2.24, 2.45) is 0 Å². The number of amides is 1. The van der Waals surface area contributed by atoms with Crippen molar-refractivity contribution >= 4 is 32.6 Å². The van der Waals surface area contributed by atoms with Crippen molar-refractivity contribution in [3.63, 3.8) is 0 Å². The molecule has 2 heterocycles. The van der Waals surface area contributed by atoms with Crippen molar-refractivity contribution in [1.82, 2.24) is 9.97 Å². The number of aromatic nitrogens is 2. The van der Waals surface area contributed by atoms with E-state index in [1.54, 1.807) is 28.6 Å². The molecule has 158 valence electrons. The highest BCUT2D eigenvalue weighted by Gasteiger charge is 2.21. The molecule has 0 fully saturated rings. The number of hydrogen-bond donors (Lipinski definition) is 0. The van der Waals surface area contributed by atoms with Crippen molar-refractivity contribution in [3.05, 3.63) is 83.2 Å². The molecule has 6 heteroatoms. The lowest BCUT2D eigenvalue weighted by atomic mass is 10.1. The second-order valence-corrected chi connectivity index (χ2v) is 8.50. The maximum atomic E-state index is 13.4. The molecule has 0 unspecified atom stereocenters. The molecule has 4 aromatic rings. The predicted molar refractivity (Wildman–Crippen MR) is 126 cm³/mol. The highest BCUT2D eigenvalue weighted by molar-refractivity contribution is 7.22. The topological polar surface area (TPSA) is 55.3 Å². The molecule has 0 saturated heterocycles. The molecule has 0 saturated carbocycles. The van der Waals surface area contributed by atoms with Gasteiger partial charge in [0.25, 0.3) is 0 Å². The summed E-state index contributed by atoms with van der Waals surface area (Å²) in [5.41, 5.74) is 5.19. The Bertz CT molecular complexity index is 1190. The Morgan fingerprint density at radius 2 is 1.90 bits per heavy atom. The summed E-state index contributed by atoms with van der Waals surface area (Å²) in [7, 11) is 0. The van der Waals surface area contributed by atoms with Crippen LogP contribution in [0.1, 0.15) is 29.2 Å². The van der Waals surface area contributed by atoms with Gasteiger partial charge in [-0.1, -0.05) is 35.6 Å². The van der Waals surface area contributed by atoms with Gasteiger partial charge in [-0.15, -0.1) is 0 Å². The number of thiazole rings is 1. The smallest absolute Gasteiger partial charge is 0.233 e. The molecule has 0 aliphatic heterocycles. The number of carbonyl (C=O) groups excluding carboxylic acids is 1. The monoisotopic (exact) mass is 431 g/mol. The number of carbonyl (C=O) groups is 1. The lowest BCUT2D eigenvalue weighted by Gasteiger charge is -2.20. The minimum Gasteiger partial charge on any atom is -0.494 e. The standard InChI is InChI=1S/C25H25N3O2S/c1-4-30-21-9-7-19(8-10-21)14-23(29)28(16-20-6-5-11-26-15-20)25-27-22-13-17(2)12-18(3)24(22)31-25/h5-13,15H,4,14,16H2,1-3H3. The minimum absolute atomic E-state index is 0.00134. The van der Waals surface area contributed by atoms with Crippen LogP contribution < -0.4 is 9.64 Å². The highest BCUT2D eigenvalue weighted by Crippen LogP contribution is 2.33. The lowest BCUT2D eigenvalue weighted by Crippen LogP contribution is -2.31. The molecule has 1 amide bonds. The van der Waals surface area contributed by atoms with Crippen LogP contribution in [0, 0.1) is 13.8 Å². The van der Waals surface area contributed by atoms with E-state index in [4.69, 9.17) is 9.72 Å². The third kappa shape index (κ3) is 4.91. The van der Waals surface area contributed by atoms with Gasteiger partial charge in [0.2, 0.25) is 5.91 Å². The maximum absolute atomic E-state index is 13.4. The first kappa shape index (κ1) is 21.0. The first-order chi connectivity index (χ1) is 15.0. The second-order valence-electron chi connectivity index (χ2n) is 7.52. The molecule has 2 aromatic heterocycles. The first-order valence-corrected chi connectivity index (χ1v) is 11.1. The molecule has 2 aromatic carbocycles. The van der Waals surface area contributed by atoms with E-state index >= 15 is 0 Å². The van der Waals surface area contributed by atoms with E-state index in [1.165, 1.54) is 11.1 Å². The summed E-state index contributed by atoms with van der Waals surface area (Å²) in [6, 6.07) is 15.8. The number of aryl methyl sites for hydroxylation is 2. The van der Waals surface area contributed by atoms with Gasteiger partial charge in [0.1, 0.15) is 5.75 Å². The zero-order valence-corrected chi connectivity index (χ0v) is 18.8. The van der Waals surface area contributed by atoms with Crippen LogP contribution in [0.25, 0.3) is 10.2 Å². The van der Waals surface area contributed by atoms with Gasteiger partial charge < -0.3 is 4.74 Å². The zero-order chi connectivity index (χ0) is 21.8. The third-order valence-corrected chi connectivity index (χ3v) is 6.22. The molecular weight excluding hydrogens is 406 g/mol. The van der Waals surface area contributed by atoms with Crippen molar-refractivity contribution in [3.8, 4) is 5.75 Å². The molecule has 0 spiro atoms. The van der Waals surface area contributed by atoms with Crippen molar-refractivity contribution < 1.29 is 9.53 Å². The molecule has 0 radical (unpaired) electrons. The minimum atomic E-state index is 0.00134. The van der Waals surface area contributed by atoms with Crippen LogP contribution in [0.5, 0.6) is 5.75 Å². The van der Waals surface area contributed by atoms with Gasteiger partial charge in [0.15, 0.2) is 5.13 Å². The van der Waals surface area contributed by atoms with Gasteiger partial charge in [-0.3, -0.25) is 14.7 Å². The van der Waals surface area contributed by atoms with E-state index in [1.807, 2.05) is 43.3 Å². The van der Waals surface area contributed by atoms with E-state index in [-0.39, 0.29) is 5.91 Å². The molecule has 0 atom stereocenters. The average Bonchev–Trinajstić information content (AvgIpc) is 3.18. The van der Waals surface area contributed by atoms with Crippen LogP contribution >= 0.6 is 11.3 Å². The summed E-state index contributed by atoms with van der Waals surface area (Å²) in [6.45, 7) is 7.16. The van der Waals surface area contributed by atoms with Crippen molar-refractivity contribution in [2.75, 3.05) is 11.5 Å². The van der Waals surface area contributed by atoms with Gasteiger partial charge >= 0.3 is 0 Å². The van der Waals surface area contributed by atoms with Gasteiger partial charge in [-0.05, 0) is 67.3 Å². The predicted octanol–water partition coefficient (Wildman–Crippen LogP) is 5.48. The molecule has 4 rings (SSSR count). The summed E-state index contributed by atoms with van der Waals surface area (Å²) in [5.74, 6) is 0.810. The molecule has 31 heavy (non-hydrogen) atoms. The van der Waals surface area contributed by atoms with Gasteiger partial charge in [0, 0.05) is 12.4 Å². The quantitative estimate of drug-likeness (QED) is 0.389. The van der Waals surface area contributed by atoms with Gasteiger partial charge in [-0.2, -0.15) is 0 Å². The van der Waals surface area contributed by atoms with Crippen molar-refractivity contribution in [2.45, 2.75) is 33.7 Å². The van der Waals surface area contributed by atoms with Crippen LogP contribution in [0.3, 0.4) is 0 Å². The molecule has 0 bridgehead atoms. The molecular formula is C25H25N3O2S. The third-order valence-electron chi connectivity index (χ3n) is 4.99. The lowest BCUT2D eigenvalue weighted by molar-refractivity contribution is -0.118. The number of benzene rings is 2. The fourth-order valence-corrected chi connectivity index (χ4v) is 4.59. The molecule has 0 aliphatic carbocycles. The van der Waals surface area contributed by atoms with E-state index < -0.39 is 0 Å². The highest BCUT2D eigenvalue weighted by atomic mass is 32.1. The Kier molecular flexibility index (Phi) is 6.28. The van der Waals surface area contributed by atoms with Crippen LogP contribution in [0.2, 0.25) is 0 Å². The normalized spacial score (nSPS) is 10.9. The summed E-state index contributed by atoms with van der Waals surface area (Å²) in [5, 5.41) is 0.712. The fourth-order valence-electron chi connectivity index (χ4n) is 3.56. The summed E-state index contributed by atoms with van der Waals surface area (Å²) < 4.78 is 6.62. The van der Waals surface area contributed by atoms with Crippen molar-refractivity contribution in [1.29, 1.82) is 0 Å². The molecule has 0 aliphatic rings. The van der Waals surface area contributed by atoms with Crippen LogP contribution in [0.4, 0.5) is 5.13 Å². The van der Waals surface area contributed by atoms with E-state index in [0.717, 1.165) is 27.1 Å². The number of ether oxygens (including phenoxy) is 1. The van der Waals surface area contributed by atoms with E-state index in [0.29, 0.717) is 24.7 Å². The average molecular weight is 432 g/mol. The Hall–Kier alpha value is -3.25. The van der Waals surface area contributed by atoms with E-state index in [9.17, 15) is 4.79 Å². The first-order valence-electron chi connectivity index (χ1n) is 10.3. The molecule has 0 N–H and O–H groups in total. The Morgan fingerprint density at radius 1 is 1.10 bits per heavy atom. The molecule has 5 nitrogen and oxygen atoms in total. The fraction of sp³-hybridized carbons (Fsp3) is 0.240. The maximum Gasteiger partial charge on any atom is 0.233 e. The summed E-state index contributed by atoms with van der Waals surface area (Å²) >= 11 is 1.56. The summed E-state index contributed by atoms with van der Waals surface area (Å²) in [6.07, 6.45) is 3.82. The number of anilines is 1. The number of fused-ring (bicyclic) bond motifs is 1. The van der Waals surface area contributed by atoms with E-state index in [2.05, 4.69) is 31.0 Å². The van der Waals surface area contributed by atoms with Crippen LogP contribution in [0.15, 0.2) is 60.9 Å².